The fourth-order valence-corrected chi connectivity index (χ4v) is 25.7. The Bertz CT molecular complexity index is 596. The summed E-state index contributed by atoms with van der Waals surface area (Å²) >= 11 is 7.24. The first-order valence-electron chi connectivity index (χ1n) is 7.95. The molecule has 0 fully saturated rings. The molecule has 2 atom stereocenters. The quantitative estimate of drug-likeness (QED) is 0.434. The number of methoxy groups -OCH3 is 1. The van der Waals surface area contributed by atoms with Gasteiger partial charge in [0.2, 0.25) is 0 Å². The molecule has 0 N–H and O–H groups in total. The van der Waals surface area contributed by atoms with Gasteiger partial charge in [-0.05, 0) is 24.6 Å². The van der Waals surface area contributed by atoms with Crippen LogP contribution >= 0.6 is 18.5 Å². The molecule has 1 aliphatic heterocycles. The summed E-state index contributed by atoms with van der Waals surface area (Å²) in [6.07, 6.45) is 0. The first-order chi connectivity index (χ1) is 10.4. The Balaban J connectivity index is 2.54. The van der Waals surface area contributed by atoms with E-state index in [-0.39, 0.29) is 4.53 Å². The van der Waals surface area contributed by atoms with Crippen molar-refractivity contribution in [3.63, 3.8) is 0 Å². The molecule has 2 rings (SSSR count). The van der Waals surface area contributed by atoms with E-state index >= 15 is 0 Å². The Hall–Kier alpha value is -0.226. The summed E-state index contributed by atoms with van der Waals surface area (Å²) in [6.45, 7) is 16.5. The highest BCUT2D eigenvalue weighted by molar-refractivity contribution is 7.90. The molecule has 1 aliphatic rings. The number of halogens is 1. The summed E-state index contributed by atoms with van der Waals surface area (Å²) in [5.41, 5.74) is 1.14. The van der Waals surface area contributed by atoms with Crippen LogP contribution in [0.4, 0.5) is 0 Å². The van der Waals surface area contributed by atoms with Gasteiger partial charge in [-0.25, -0.2) is 0 Å². The normalized spacial score (nSPS) is 27.3. The molecule has 0 amide bonds. The zero-order valence-corrected chi connectivity index (χ0v) is 19.1. The van der Waals surface area contributed by atoms with Crippen molar-refractivity contribution in [2.24, 2.45) is 10.2 Å². The molecular weight excluding hydrogens is 359 g/mol. The number of hydrogen-bond donors (Lipinski definition) is 0. The maximum absolute atomic E-state index is 7.24. The van der Waals surface area contributed by atoms with Crippen LogP contribution in [0.15, 0.2) is 34.5 Å². The molecular formula is C16H28ClN2OPSi2. The molecule has 1 aromatic rings. The van der Waals surface area contributed by atoms with E-state index in [1.54, 1.807) is 7.11 Å². The van der Waals surface area contributed by atoms with E-state index in [0.717, 1.165) is 11.3 Å². The molecule has 3 nitrogen and oxygen atoms in total. The molecule has 0 bridgehead atoms. The van der Waals surface area contributed by atoms with E-state index in [2.05, 4.69) is 58.3 Å². The summed E-state index contributed by atoms with van der Waals surface area (Å²) in [5.74, 6) is 0.854. The first kappa shape index (κ1) is 19.1. The number of nitrogens with zero attached hydrogens (tertiary/aromatic N) is 2. The molecule has 128 valence electrons. The van der Waals surface area contributed by atoms with Gasteiger partial charge in [0.15, 0.2) is 0 Å². The van der Waals surface area contributed by atoms with E-state index in [9.17, 15) is 0 Å². The Labute approximate surface area is 148 Å². The third kappa shape index (κ3) is 2.84. The average Bonchev–Trinajstić information content (AvgIpc) is 2.73. The van der Waals surface area contributed by atoms with Crippen LogP contribution in [-0.4, -0.2) is 27.8 Å². The molecule has 0 unspecified atom stereocenters. The van der Waals surface area contributed by atoms with Gasteiger partial charge in [-0.3, -0.25) is 0 Å². The summed E-state index contributed by atoms with van der Waals surface area (Å²) in [7, 11) is -2.50. The molecule has 1 heterocycles. The van der Waals surface area contributed by atoms with Gasteiger partial charge >= 0.3 is 0 Å². The Morgan fingerprint density at radius 1 is 0.957 bits per heavy atom. The predicted octanol–water partition coefficient (Wildman–Crippen LogP) is 6.42. The molecule has 1 aromatic carbocycles. The van der Waals surface area contributed by atoms with E-state index < -0.39 is 28.7 Å². The second-order valence-corrected chi connectivity index (χ2v) is 23.3. The number of azo groups is 1. The third-order valence-electron chi connectivity index (χ3n) is 4.78. The van der Waals surface area contributed by atoms with Gasteiger partial charge in [0.25, 0.3) is 0 Å². The summed E-state index contributed by atoms with van der Waals surface area (Å²) in [6, 6.07) is 8.14. The molecule has 0 aromatic heterocycles. The molecule has 0 aliphatic carbocycles. The van der Waals surface area contributed by atoms with Gasteiger partial charge in [-0.1, -0.05) is 62.7 Å². The van der Waals surface area contributed by atoms with Crippen molar-refractivity contribution in [2.75, 3.05) is 7.11 Å². The highest BCUT2D eigenvalue weighted by atomic mass is 35.7. The zero-order chi connectivity index (χ0) is 17.7. The average molecular weight is 387 g/mol. The standard InChI is InChI=1S/C16H28ClN2OPSi2/c1-15(13-9-11-14(20-2)12-10-13)18-19-16(21(15)17,22(3,4)5)23(6,7)8/h9-12H,1-8H3/t15-,21+/m1/s1. The minimum absolute atomic E-state index is 0.106. The van der Waals surface area contributed by atoms with Gasteiger partial charge in [0.1, 0.15) is 11.0 Å². The first-order valence-corrected chi connectivity index (χ1v) is 17.2. The highest BCUT2D eigenvalue weighted by Crippen LogP contribution is 2.76. The van der Waals surface area contributed by atoms with E-state index in [4.69, 9.17) is 26.2 Å². The van der Waals surface area contributed by atoms with Gasteiger partial charge < -0.3 is 4.74 Å². The highest BCUT2D eigenvalue weighted by Gasteiger charge is 2.66. The molecule has 0 saturated carbocycles. The minimum atomic E-state index is -1.64. The second-order valence-electron chi connectivity index (χ2n) is 8.40. The predicted molar refractivity (Wildman–Crippen MR) is 107 cm³/mol. The van der Waals surface area contributed by atoms with Gasteiger partial charge in [-0.2, -0.15) is 10.2 Å². The fourth-order valence-electron chi connectivity index (χ4n) is 3.66. The van der Waals surface area contributed by atoms with Crippen molar-refractivity contribution < 1.29 is 4.74 Å². The zero-order valence-electron chi connectivity index (χ0n) is 15.4. The van der Waals surface area contributed by atoms with E-state index in [0.29, 0.717) is 0 Å². The van der Waals surface area contributed by atoms with Crippen LogP contribution in [0.2, 0.25) is 39.3 Å². The van der Waals surface area contributed by atoms with Gasteiger partial charge in [0, 0.05) is 7.27 Å². The van der Waals surface area contributed by atoms with Crippen LogP contribution in [0.25, 0.3) is 0 Å². The SMILES string of the molecule is COc1ccc([C@]2(C)N=NC([Si](C)(C)C)([Si](C)(C)C)[P@@]2Cl)cc1. The number of hydrogen-bond acceptors (Lipinski definition) is 3. The molecule has 23 heavy (non-hydrogen) atoms. The Kier molecular flexibility index (Phi) is 4.93. The summed E-state index contributed by atoms with van der Waals surface area (Å²) < 4.78 is 5.17. The van der Waals surface area contributed by atoms with Crippen molar-refractivity contribution in [3.05, 3.63) is 29.8 Å². The van der Waals surface area contributed by atoms with E-state index in [1.165, 1.54) is 0 Å². The van der Waals surface area contributed by atoms with Crippen LogP contribution in [0, 0.1) is 0 Å². The van der Waals surface area contributed by atoms with Crippen LogP contribution in [-0.2, 0) is 5.28 Å². The lowest BCUT2D eigenvalue weighted by Gasteiger charge is -2.49. The summed E-state index contributed by atoms with van der Waals surface area (Å²) in [5, 5.41) is 9.38. The molecule has 0 spiro atoms. The van der Waals surface area contributed by atoms with Crippen LogP contribution in [0.3, 0.4) is 0 Å². The maximum Gasteiger partial charge on any atom is 0.138 e. The number of ether oxygens (including phenoxy) is 1. The second kappa shape index (κ2) is 5.94. The van der Waals surface area contributed by atoms with Crippen LogP contribution in [0.1, 0.15) is 12.5 Å². The molecule has 0 radical (unpaired) electrons. The lowest BCUT2D eigenvalue weighted by atomic mass is 10.1. The molecule has 7 heteroatoms. The lowest BCUT2D eigenvalue weighted by Crippen LogP contribution is -2.62. The monoisotopic (exact) mass is 386 g/mol. The van der Waals surface area contributed by atoms with Crippen LogP contribution in [0.5, 0.6) is 5.75 Å². The number of benzene rings is 1. The molecule has 0 saturated heterocycles. The van der Waals surface area contributed by atoms with Gasteiger partial charge in [0.05, 0.1) is 27.8 Å². The van der Waals surface area contributed by atoms with Crippen molar-refractivity contribution >= 4 is 34.7 Å². The topological polar surface area (TPSA) is 34.0 Å². The van der Waals surface area contributed by atoms with Crippen molar-refractivity contribution in [1.29, 1.82) is 0 Å². The smallest absolute Gasteiger partial charge is 0.138 e. The maximum atomic E-state index is 7.24. The van der Waals surface area contributed by atoms with Crippen molar-refractivity contribution in [1.82, 2.24) is 0 Å². The van der Waals surface area contributed by atoms with Crippen molar-refractivity contribution in [2.45, 2.75) is 56.0 Å². The van der Waals surface area contributed by atoms with E-state index in [1.807, 2.05) is 12.1 Å². The van der Waals surface area contributed by atoms with Gasteiger partial charge in [-0.15, -0.1) is 0 Å². The third-order valence-corrected chi connectivity index (χ3v) is 23.4. The largest absolute Gasteiger partial charge is 0.497 e. The lowest BCUT2D eigenvalue weighted by molar-refractivity contribution is 0.414. The Morgan fingerprint density at radius 3 is 1.78 bits per heavy atom. The fraction of sp³-hybridized carbons (Fsp3) is 0.625. The Morgan fingerprint density at radius 2 is 1.43 bits per heavy atom. The summed E-state index contributed by atoms with van der Waals surface area (Å²) in [4.78, 5) is 0. The minimum Gasteiger partial charge on any atom is -0.497 e. The van der Waals surface area contributed by atoms with Crippen molar-refractivity contribution in [3.8, 4) is 5.75 Å². The van der Waals surface area contributed by atoms with Crippen LogP contribution < -0.4 is 4.74 Å². The number of rotatable bonds is 4.